The summed E-state index contributed by atoms with van der Waals surface area (Å²) in [6.07, 6.45) is 1.50. The van der Waals surface area contributed by atoms with Gasteiger partial charge in [-0.15, -0.1) is 0 Å². The number of rotatable bonds is 4. The minimum absolute atomic E-state index is 0.0112. The highest BCUT2D eigenvalue weighted by molar-refractivity contribution is 8.26. The number of anilines is 1. The summed E-state index contributed by atoms with van der Waals surface area (Å²) >= 11 is 6.36. The Balaban J connectivity index is 1.61. The van der Waals surface area contributed by atoms with Crippen molar-refractivity contribution >= 4 is 61.4 Å². The normalized spacial score (nSPS) is 18.4. The highest BCUT2D eigenvalue weighted by Crippen LogP contribution is 2.46. The largest absolute Gasteiger partial charge is 0.467 e. The van der Waals surface area contributed by atoms with Gasteiger partial charge >= 0.3 is 0 Å². The van der Waals surface area contributed by atoms with E-state index in [2.05, 4.69) is 0 Å². The fourth-order valence-electron chi connectivity index (χ4n) is 3.71. The molecule has 0 radical (unpaired) electrons. The number of sulfonamides is 1. The average Bonchev–Trinajstić information content (AvgIpc) is 3.47. The van der Waals surface area contributed by atoms with E-state index < -0.39 is 21.8 Å². The van der Waals surface area contributed by atoms with Crippen LogP contribution in [0.2, 0.25) is 0 Å². The van der Waals surface area contributed by atoms with E-state index in [1.54, 1.807) is 48.5 Å². The van der Waals surface area contributed by atoms with E-state index in [0.717, 1.165) is 21.6 Å². The lowest BCUT2D eigenvalue weighted by Crippen LogP contribution is -2.34. The Morgan fingerprint density at radius 3 is 2.39 bits per heavy atom. The number of amides is 2. The van der Waals surface area contributed by atoms with Crippen LogP contribution in [0.3, 0.4) is 0 Å². The zero-order valence-corrected chi connectivity index (χ0v) is 19.7. The van der Waals surface area contributed by atoms with Crippen molar-refractivity contribution < 1.29 is 22.4 Å². The first-order valence-electron chi connectivity index (χ1n) is 9.85. The molecule has 0 N–H and O–H groups in total. The molecule has 10 heteroatoms. The van der Waals surface area contributed by atoms with Crippen molar-refractivity contribution in [2.75, 3.05) is 4.31 Å². The van der Waals surface area contributed by atoms with Gasteiger partial charge in [0.2, 0.25) is 0 Å². The number of hydrogen-bond acceptors (Lipinski definition) is 7. The lowest BCUT2D eigenvalue weighted by atomic mass is 10.1. The summed E-state index contributed by atoms with van der Waals surface area (Å²) in [6, 6.07) is 16.2. The molecule has 0 spiro atoms. The van der Waals surface area contributed by atoms with Crippen LogP contribution in [0.15, 0.2) is 81.1 Å². The summed E-state index contributed by atoms with van der Waals surface area (Å²) in [7, 11) is -4.20. The predicted octanol–water partition coefficient (Wildman–Crippen LogP) is 4.10. The van der Waals surface area contributed by atoms with Gasteiger partial charge in [0.15, 0.2) is 0 Å². The van der Waals surface area contributed by atoms with Crippen molar-refractivity contribution in [3.63, 3.8) is 0 Å². The Bertz CT molecular complexity index is 1440. The molecule has 1 fully saturated rings. The molecule has 2 aliphatic rings. The van der Waals surface area contributed by atoms with Gasteiger partial charge in [0, 0.05) is 5.56 Å². The highest BCUT2D eigenvalue weighted by Gasteiger charge is 2.46. The van der Waals surface area contributed by atoms with Crippen molar-refractivity contribution in [1.29, 1.82) is 0 Å². The minimum atomic E-state index is -4.20. The van der Waals surface area contributed by atoms with E-state index in [9.17, 15) is 18.0 Å². The summed E-state index contributed by atoms with van der Waals surface area (Å²) in [5.74, 6) is -0.705. The number of carbonyl (C=O) groups is 2. The molecule has 33 heavy (non-hydrogen) atoms. The first-order chi connectivity index (χ1) is 15.8. The zero-order valence-electron chi connectivity index (χ0n) is 17.2. The number of nitrogens with zero attached hydrogens (tertiary/aromatic N) is 2. The number of thiocarbonyl (C=S) groups is 1. The molecule has 2 aliphatic heterocycles. The zero-order chi connectivity index (χ0) is 23.3. The maximum Gasteiger partial charge on any atom is 0.274 e. The van der Waals surface area contributed by atoms with Crippen LogP contribution < -0.4 is 4.31 Å². The third kappa shape index (κ3) is 3.50. The van der Waals surface area contributed by atoms with Gasteiger partial charge in [0.25, 0.3) is 21.8 Å². The Kier molecular flexibility index (Phi) is 5.23. The number of thioether (sulfide) groups is 1. The molecule has 7 nitrogen and oxygen atoms in total. The van der Waals surface area contributed by atoms with Gasteiger partial charge in [-0.05, 0) is 37.3 Å². The number of para-hydroxylation sites is 1. The molecule has 0 saturated carbocycles. The van der Waals surface area contributed by atoms with Gasteiger partial charge in [-0.25, -0.2) is 8.42 Å². The topological polar surface area (TPSA) is 87.9 Å². The lowest BCUT2D eigenvalue weighted by Gasteiger charge is -2.17. The van der Waals surface area contributed by atoms with Crippen molar-refractivity contribution in [2.45, 2.75) is 18.4 Å². The summed E-state index contributed by atoms with van der Waals surface area (Å²) in [4.78, 5) is 28.2. The second kappa shape index (κ2) is 7.98. The lowest BCUT2D eigenvalue weighted by molar-refractivity contribution is -0.123. The van der Waals surface area contributed by atoms with E-state index in [0.29, 0.717) is 11.3 Å². The Morgan fingerprint density at radius 1 is 0.970 bits per heavy atom. The smallest absolute Gasteiger partial charge is 0.274 e. The molecule has 1 aromatic heterocycles. The number of hydrogen-bond donors (Lipinski definition) is 0. The molecule has 3 heterocycles. The summed E-state index contributed by atoms with van der Waals surface area (Å²) in [5, 5.41) is 0. The van der Waals surface area contributed by atoms with E-state index in [4.69, 9.17) is 16.6 Å². The summed E-state index contributed by atoms with van der Waals surface area (Å²) < 4.78 is 33.2. The first kappa shape index (κ1) is 21.6. The van der Waals surface area contributed by atoms with Crippen LogP contribution >= 0.6 is 24.0 Å². The van der Waals surface area contributed by atoms with Gasteiger partial charge in [0.05, 0.1) is 33.9 Å². The maximum absolute atomic E-state index is 13.6. The highest BCUT2D eigenvalue weighted by atomic mass is 32.2. The average molecular weight is 497 g/mol. The standard InChI is InChI=1S/C23H16N2O5S3/c1-14-8-10-16(11-9-14)33(28,29)25-18-7-3-2-6-17(18)19(21(25)26)20-22(27)24(23(31)32-20)13-15-5-4-12-30-15/h2-12H,13H2,1H3/b20-19-. The van der Waals surface area contributed by atoms with Crippen molar-refractivity contribution in [1.82, 2.24) is 4.90 Å². The van der Waals surface area contributed by atoms with Crippen molar-refractivity contribution in [2.24, 2.45) is 0 Å². The maximum atomic E-state index is 13.6. The van der Waals surface area contributed by atoms with E-state index in [1.807, 2.05) is 6.92 Å². The van der Waals surface area contributed by atoms with Crippen LogP contribution in [-0.4, -0.2) is 29.5 Å². The van der Waals surface area contributed by atoms with Crippen LogP contribution in [0.1, 0.15) is 16.9 Å². The molecular formula is C23H16N2O5S3. The molecule has 0 aliphatic carbocycles. The monoisotopic (exact) mass is 496 g/mol. The molecule has 3 aromatic rings. The van der Waals surface area contributed by atoms with E-state index >= 15 is 0 Å². The SMILES string of the molecule is Cc1ccc(S(=O)(=O)N2C(=O)/C(=C3\SC(=S)N(Cc4ccco4)C3=O)c3ccccc32)cc1. The van der Waals surface area contributed by atoms with E-state index in [-0.39, 0.29) is 31.9 Å². The third-order valence-corrected chi connectivity index (χ3v) is 8.48. The Morgan fingerprint density at radius 2 is 1.70 bits per heavy atom. The van der Waals surface area contributed by atoms with Gasteiger partial charge in [-0.1, -0.05) is 59.9 Å². The van der Waals surface area contributed by atoms with Gasteiger partial charge in [-0.3, -0.25) is 14.5 Å². The first-order valence-corrected chi connectivity index (χ1v) is 12.5. The molecule has 2 aromatic carbocycles. The minimum Gasteiger partial charge on any atom is -0.467 e. The molecule has 166 valence electrons. The fourth-order valence-corrected chi connectivity index (χ4v) is 6.45. The number of fused-ring (bicyclic) bond motifs is 1. The molecular weight excluding hydrogens is 480 g/mol. The molecule has 5 rings (SSSR count). The van der Waals surface area contributed by atoms with Crippen LogP contribution in [0.4, 0.5) is 5.69 Å². The molecule has 1 saturated heterocycles. The van der Waals surface area contributed by atoms with Crippen molar-refractivity contribution in [3.05, 3.63) is 88.7 Å². The second-order valence-corrected chi connectivity index (χ2v) is 10.9. The third-order valence-electron chi connectivity index (χ3n) is 5.32. The number of benzene rings is 2. The van der Waals surface area contributed by atoms with Crippen LogP contribution in [0.25, 0.3) is 5.57 Å². The quantitative estimate of drug-likeness (QED) is 0.397. The Hall–Kier alpha value is -3.21. The Labute approximate surface area is 199 Å². The number of aryl methyl sites for hydroxylation is 1. The molecule has 0 bridgehead atoms. The fraction of sp³-hybridized carbons (Fsp3) is 0.0870. The van der Waals surface area contributed by atoms with Crippen LogP contribution in [0.5, 0.6) is 0 Å². The second-order valence-electron chi connectivity index (χ2n) is 7.45. The van der Waals surface area contributed by atoms with Crippen molar-refractivity contribution in [3.8, 4) is 0 Å². The van der Waals surface area contributed by atoms with Gasteiger partial charge in [0.1, 0.15) is 10.1 Å². The number of carbonyl (C=O) groups excluding carboxylic acids is 2. The van der Waals surface area contributed by atoms with Crippen LogP contribution in [0, 0.1) is 6.92 Å². The predicted molar refractivity (Wildman–Crippen MR) is 129 cm³/mol. The number of furan rings is 1. The molecule has 0 atom stereocenters. The van der Waals surface area contributed by atoms with Crippen LogP contribution in [-0.2, 0) is 26.2 Å². The molecule has 0 unspecified atom stereocenters. The van der Waals surface area contributed by atoms with Gasteiger partial charge in [-0.2, -0.15) is 4.31 Å². The molecule has 2 amide bonds. The van der Waals surface area contributed by atoms with E-state index in [1.165, 1.54) is 23.3 Å². The summed E-state index contributed by atoms with van der Waals surface area (Å²) in [5.41, 5.74) is 1.50. The summed E-state index contributed by atoms with van der Waals surface area (Å²) in [6.45, 7) is 1.96. The van der Waals surface area contributed by atoms with Gasteiger partial charge < -0.3 is 4.42 Å².